The largest absolute Gasteiger partial charge is 0.479 e. The molecule has 1 unspecified atom stereocenters. The zero-order chi connectivity index (χ0) is 19.7. The lowest BCUT2D eigenvalue weighted by Gasteiger charge is -2.13. The lowest BCUT2D eigenvalue weighted by Crippen LogP contribution is -2.28. The zero-order valence-corrected chi connectivity index (χ0v) is 17.7. The molecule has 0 spiro atoms. The summed E-state index contributed by atoms with van der Waals surface area (Å²) in [5.41, 5.74) is 0. The summed E-state index contributed by atoms with van der Waals surface area (Å²) < 4.78 is 28.3. The predicted octanol–water partition coefficient (Wildman–Crippen LogP) is 5.68. The fraction of sp³-hybridized carbons (Fsp3) is 0.950. The van der Waals surface area contributed by atoms with Crippen molar-refractivity contribution in [2.75, 3.05) is 5.75 Å². The summed E-state index contributed by atoms with van der Waals surface area (Å²) in [6.07, 6.45) is 14.6. The van der Waals surface area contributed by atoms with Crippen LogP contribution >= 0.6 is 0 Å². The Hall–Kier alpha value is -0.620. The van der Waals surface area contributed by atoms with E-state index in [0.29, 0.717) is 12.8 Å². The van der Waals surface area contributed by atoms with Crippen LogP contribution in [0.25, 0.3) is 0 Å². The van der Waals surface area contributed by atoms with Crippen LogP contribution in [0.2, 0.25) is 0 Å². The number of aliphatic carboxylic acids is 1. The van der Waals surface area contributed by atoms with Crippen LogP contribution in [0.1, 0.15) is 110 Å². The normalized spacial score (nSPS) is 13.0. The molecule has 0 saturated heterocycles. The van der Waals surface area contributed by atoms with Gasteiger partial charge in [-0.15, -0.1) is 0 Å². The molecule has 5 nitrogen and oxygen atoms in total. The topological polar surface area (TPSA) is 80.7 Å². The van der Waals surface area contributed by atoms with Gasteiger partial charge in [0.15, 0.2) is 6.10 Å². The Bertz CT molecular complexity index is 433. The maximum Gasteiger partial charge on any atom is 0.334 e. The molecular formula is C20H40O5S. The number of carboxylic acid groups (broad SMARTS) is 1. The number of hydrogen-bond acceptors (Lipinski definition) is 4. The van der Waals surface area contributed by atoms with Gasteiger partial charge in [0.05, 0.1) is 5.75 Å². The molecule has 0 amide bonds. The van der Waals surface area contributed by atoms with Crippen LogP contribution in [0, 0.1) is 0 Å². The molecule has 0 aromatic heterocycles. The van der Waals surface area contributed by atoms with Crippen molar-refractivity contribution in [3.05, 3.63) is 0 Å². The molecule has 26 heavy (non-hydrogen) atoms. The summed E-state index contributed by atoms with van der Waals surface area (Å²) >= 11 is 0. The van der Waals surface area contributed by atoms with E-state index in [-0.39, 0.29) is 12.2 Å². The van der Waals surface area contributed by atoms with Crippen molar-refractivity contribution in [2.45, 2.75) is 116 Å². The number of unbranched alkanes of at least 4 members (excludes halogenated alkanes) is 12. The Morgan fingerprint density at radius 3 is 1.62 bits per heavy atom. The standard InChI is InChI=1S/C20H40O5S/c1-3-5-7-8-9-10-11-12-13-14-15-16-17-19(20(21)22)25-26(23,24)18-6-4-2/h19H,3-18H2,1-2H3,(H,21,22). The van der Waals surface area contributed by atoms with Gasteiger partial charge in [0.25, 0.3) is 10.1 Å². The van der Waals surface area contributed by atoms with Crippen LogP contribution < -0.4 is 0 Å². The molecule has 0 aliphatic carbocycles. The van der Waals surface area contributed by atoms with Crippen LogP contribution in [0.4, 0.5) is 0 Å². The third-order valence-electron chi connectivity index (χ3n) is 4.61. The molecule has 0 saturated carbocycles. The second kappa shape index (κ2) is 16.5. The van der Waals surface area contributed by atoms with Crippen molar-refractivity contribution in [1.82, 2.24) is 0 Å². The van der Waals surface area contributed by atoms with Gasteiger partial charge in [0.1, 0.15) is 0 Å². The Kier molecular flexibility index (Phi) is 16.2. The SMILES string of the molecule is CCCCCCCCCCCCCCC(OS(=O)(=O)CCCC)C(=O)O. The average Bonchev–Trinajstić information content (AvgIpc) is 2.59. The number of carboxylic acids is 1. The highest BCUT2D eigenvalue weighted by molar-refractivity contribution is 7.86. The average molecular weight is 393 g/mol. The van der Waals surface area contributed by atoms with E-state index in [1.807, 2.05) is 6.92 Å². The minimum absolute atomic E-state index is 0.105. The first-order valence-corrected chi connectivity index (χ1v) is 12.1. The number of hydrogen-bond donors (Lipinski definition) is 1. The van der Waals surface area contributed by atoms with Crippen molar-refractivity contribution in [3.63, 3.8) is 0 Å². The van der Waals surface area contributed by atoms with Gasteiger partial charge >= 0.3 is 5.97 Å². The van der Waals surface area contributed by atoms with Gasteiger partial charge in [0, 0.05) is 0 Å². The van der Waals surface area contributed by atoms with E-state index in [9.17, 15) is 13.2 Å². The Labute approximate surface area is 161 Å². The summed E-state index contributed by atoms with van der Waals surface area (Å²) in [5, 5.41) is 9.15. The highest BCUT2D eigenvalue weighted by atomic mass is 32.2. The third kappa shape index (κ3) is 15.6. The van der Waals surface area contributed by atoms with E-state index >= 15 is 0 Å². The van der Waals surface area contributed by atoms with E-state index in [0.717, 1.165) is 19.3 Å². The number of rotatable bonds is 19. The van der Waals surface area contributed by atoms with E-state index in [1.54, 1.807) is 0 Å². The van der Waals surface area contributed by atoms with Crippen LogP contribution in [-0.2, 0) is 19.1 Å². The maximum absolute atomic E-state index is 11.7. The minimum atomic E-state index is -3.74. The summed E-state index contributed by atoms with van der Waals surface area (Å²) in [6, 6.07) is 0. The van der Waals surface area contributed by atoms with Gasteiger partial charge in [-0.1, -0.05) is 97.3 Å². The molecule has 0 radical (unpaired) electrons. The lowest BCUT2D eigenvalue weighted by atomic mass is 10.0. The monoisotopic (exact) mass is 392 g/mol. The van der Waals surface area contributed by atoms with E-state index in [2.05, 4.69) is 6.92 Å². The molecule has 0 heterocycles. The molecule has 1 N–H and O–H groups in total. The van der Waals surface area contributed by atoms with E-state index in [1.165, 1.54) is 57.8 Å². The van der Waals surface area contributed by atoms with Gasteiger partial charge in [-0.3, -0.25) is 4.18 Å². The molecule has 0 aliphatic heterocycles. The molecule has 0 aromatic rings. The molecule has 0 bridgehead atoms. The minimum Gasteiger partial charge on any atom is -0.479 e. The van der Waals surface area contributed by atoms with Gasteiger partial charge in [-0.05, 0) is 12.8 Å². The van der Waals surface area contributed by atoms with Crippen molar-refractivity contribution in [1.29, 1.82) is 0 Å². The number of carbonyl (C=O) groups is 1. The van der Waals surface area contributed by atoms with Crippen molar-refractivity contribution >= 4 is 16.1 Å². The van der Waals surface area contributed by atoms with Gasteiger partial charge < -0.3 is 5.11 Å². The highest BCUT2D eigenvalue weighted by Crippen LogP contribution is 2.15. The van der Waals surface area contributed by atoms with Gasteiger partial charge in [-0.25, -0.2) is 4.79 Å². The fourth-order valence-corrected chi connectivity index (χ4v) is 4.20. The lowest BCUT2D eigenvalue weighted by molar-refractivity contribution is -0.145. The molecule has 0 fully saturated rings. The first-order chi connectivity index (χ1) is 12.4. The second-order valence-electron chi connectivity index (χ2n) is 7.22. The molecule has 0 rings (SSSR count). The maximum atomic E-state index is 11.7. The Morgan fingerprint density at radius 1 is 0.769 bits per heavy atom. The van der Waals surface area contributed by atoms with E-state index < -0.39 is 22.2 Å². The first-order valence-electron chi connectivity index (χ1n) is 10.6. The third-order valence-corrected chi connectivity index (χ3v) is 5.92. The molecule has 6 heteroatoms. The van der Waals surface area contributed by atoms with Crippen LogP contribution in [0.15, 0.2) is 0 Å². The zero-order valence-electron chi connectivity index (χ0n) is 16.9. The van der Waals surface area contributed by atoms with Crippen LogP contribution in [0.5, 0.6) is 0 Å². The van der Waals surface area contributed by atoms with Gasteiger partial charge in [-0.2, -0.15) is 8.42 Å². The quantitative estimate of drug-likeness (QED) is 0.226. The van der Waals surface area contributed by atoms with Gasteiger partial charge in [0.2, 0.25) is 0 Å². The Balaban J connectivity index is 3.71. The second-order valence-corrected chi connectivity index (χ2v) is 8.93. The molecule has 156 valence electrons. The summed E-state index contributed by atoms with van der Waals surface area (Å²) in [7, 11) is -3.74. The highest BCUT2D eigenvalue weighted by Gasteiger charge is 2.24. The predicted molar refractivity (Wildman–Crippen MR) is 107 cm³/mol. The molecule has 1 atom stereocenters. The van der Waals surface area contributed by atoms with Crippen LogP contribution in [0.3, 0.4) is 0 Å². The first kappa shape index (κ1) is 25.4. The Morgan fingerprint density at radius 2 is 1.19 bits per heavy atom. The molecule has 0 aromatic carbocycles. The van der Waals surface area contributed by atoms with Crippen molar-refractivity contribution in [3.8, 4) is 0 Å². The van der Waals surface area contributed by atoms with Crippen molar-refractivity contribution in [2.24, 2.45) is 0 Å². The molecule has 0 aliphatic rings. The smallest absolute Gasteiger partial charge is 0.334 e. The molecular weight excluding hydrogens is 352 g/mol. The fourth-order valence-electron chi connectivity index (χ4n) is 2.93. The summed E-state index contributed by atoms with van der Waals surface area (Å²) in [5.74, 6) is -1.29. The summed E-state index contributed by atoms with van der Waals surface area (Å²) in [6.45, 7) is 4.12. The van der Waals surface area contributed by atoms with Crippen molar-refractivity contribution < 1.29 is 22.5 Å². The van der Waals surface area contributed by atoms with E-state index in [4.69, 9.17) is 9.29 Å². The van der Waals surface area contributed by atoms with Crippen LogP contribution in [-0.4, -0.2) is 31.4 Å². The summed E-state index contributed by atoms with van der Waals surface area (Å²) in [4.78, 5) is 11.2.